The molecule has 0 saturated carbocycles. The summed E-state index contributed by atoms with van der Waals surface area (Å²) >= 11 is 0. The third-order valence-electron chi connectivity index (χ3n) is 4.62. The SMILES string of the molecule is Cc1nnc(CN=C(NCC2CCCO2)NCC(C)(C)NC(=O)OC(C)(C)C)n1C. The molecule has 10 heteroatoms. The lowest BCUT2D eigenvalue weighted by atomic mass is 10.1. The van der Waals surface area contributed by atoms with Gasteiger partial charge in [-0.05, 0) is 54.4 Å². The van der Waals surface area contributed by atoms with Crippen LogP contribution in [0.25, 0.3) is 0 Å². The van der Waals surface area contributed by atoms with Crippen molar-refractivity contribution >= 4 is 12.1 Å². The van der Waals surface area contributed by atoms with Crippen molar-refractivity contribution in [2.45, 2.75) is 78.2 Å². The molecule has 1 aromatic rings. The maximum atomic E-state index is 12.1. The minimum absolute atomic E-state index is 0.182. The summed E-state index contributed by atoms with van der Waals surface area (Å²) in [5, 5.41) is 17.8. The Balaban J connectivity index is 1.97. The summed E-state index contributed by atoms with van der Waals surface area (Å²) in [5.41, 5.74) is -1.09. The van der Waals surface area contributed by atoms with Gasteiger partial charge in [0.15, 0.2) is 11.8 Å². The quantitative estimate of drug-likeness (QED) is 0.451. The molecule has 1 fully saturated rings. The Kier molecular flexibility index (Phi) is 8.05. The van der Waals surface area contributed by atoms with Gasteiger partial charge >= 0.3 is 6.09 Å². The first-order valence-corrected chi connectivity index (χ1v) is 10.4. The van der Waals surface area contributed by atoms with Crippen LogP contribution in [0.1, 0.15) is 59.1 Å². The highest BCUT2D eigenvalue weighted by Crippen LogP contribution is 2.11. The van der Waals surface area contributed by atoms with Crippen molar-refractivity contribution in [2.24, 2.45) is 12.0 Å². The maximum Gasteiger partial charge on any atom is 0.408 e. The van der Waals surface area contributed by atoms with Crippen LogP contribution in [0.5, 0.6) is 0 Å². The maximum absolute atomic E-state index is 12.1. The number of hydrogen-bond acceptors (Lipinski definition) is 6. The van der Waals surface area contributed by atoms with E-state index in [1.165, 1.54) is 0 Å². The zero-order chi connectivity index (χ0) is 22.4. The predicted molar refractivity (Wildman–Crippen MR) is 115 cm³/mol. The molecule has 1 aliphatic heterocycles. The zero-order valence-electron chi connectivity index (χ0n) is 19.3. The molecule has 1 atom stereocenters. The number of amides is 1. The van der Waals surface area contributed by atoms with Gasteiger partial charge in [0.05, 0.1) is 11.6 Å². The van der Waals surface area contributed by atoms with Gasteiger partial charge in [0, 0.05) is 26.7 Å². The van der Waals surface area contributed by atoms with E-state index in [0.29, 0.717) is 25.6 Å². The predicted octanol–water partition coefficient (Wildman–Crippen LogP) is 1.64. The summed E-state index contributed by atoms with van der Waals surface area (Å²) < 4.78 is 13.0. The number of guanidine groups is 1. The molecule has 0 aromatic carbocycles. The molecule has 3 N–H and O–H groups in total. The minimum Gasteiger partial charge on any atom is -0.444 e. The largest absolute Gasteiger partial charge is 0.444 e. The molecule has 0 bridgehead atoms. The summed E-state index contributed by atoms with van der Waals surface area (Å²) in [6, 6.07) is 0. The normalized spacial score (nSPS) is 17.7. The second kappa shape index (κ2) is 10.1. The number of carbonyl (C=O) groups is 1. The van der Waals surface area contributed by atoms with Crippen molar-refractivity contribution < 1.29 is 14.3 Å². The zero-order valence-corrected chi connectivity index (χ0v) is 19.3. The van der Waals surface area contributed by atoms with E-state index in [4.69, 9.17) is 9.47 Å². The number of aromatic nitrogens is 3. The van der Waals surface area contributed by atoms with Crippen molar-refractivity contribution in [1.82, 2.24) is 30.7 Å². The van der Waals surface area contributed by atoms with Gasteiger partial charge < -0.3 is 30.0 Å². The fraction of sp³-hybridized carbons (Fsp3) is 0.800. The first-order chi connectivity index (χ1) is 14.0. The smallest absolute Gasteiger partial charge is 0.408 e. The summed E-state index contributed by atoms with van der Waals surface area (Å²) in [6.07, 6.45) is 1.85. The van der Waals surface area contributed by atoms with Gasteiger partial charge in [-0.1, -0.05) is 0 Å². The van der Waals surface area contributed by atoms with Gasteiger partial charge in [0.2, 0.25) is 0 Å². The molecule has 1 amide bonds. The van der Waals surface area contributed by atoms with Crippen LogP contribution in [0.3, 0.4) is 0 Å². The van der Waals surface area contributed by atoms with Crippen molar-refractivity contribution in [1.29, 1.82) is 0 Å². The number of ether oxygens (including phenoxy) is 2. The van der Waals surface area contributed by atoms with E-state index < -0.39 is 17.2 Å². The van der Waals surface area contributed by atoms with Crippen LogP contribution in [0.4, 0.5) is 4.79 Å². The average molecular weight is 424 g/mol. The summed E-state index contributed by atoms with van der Waals surface area (Å²) in [7, 11) is 1.92. The number of alkyl carbamates (subject to hydrolysis) is 1. The Morgan fingerprint density at radius 3 is 2.57 bits per heavy atom. The molecule has 1 unspecified atom stereocenters. The van der Waals surface area contributed by atoms with Gasteiger partial charge in [-0.2, -0.15) is 0 Å². The Morgan fingerprint density at radius 1 is 1.27 bits per heavy atom. The van der Waals surface area contributed by atoms with E-state index in [-0.39, 0.29) is 6.10 Å². The lowest BCUT2D eigenvalue weighted by Gasteiger charge is -2.29. The molecule has 0 aliphatic carbocycles. The Bertz CT molecular complexity index is 731. The molecule has 2 heterocycles. The Hall–Kier alpha value is -2.36. The minimum atomic E-state index is -0.546. The Labute approximate surface area is 179 Å². The highest BCUT2D eigenvalue weighted by Gasteiger charge is 2.25. The van der Waals surface area contributed by atoms with E-state index in [1.54, 1.807) is 0 Å². The number of aliphatic imine (C=N–C) groups is 1. The molecule has 10 nitrogen and oxygen atoms in total. The second-order valence-corrected chi connectivity index (χ2v) is 9.27. The number of carbonyl (C=O) groups excluding carboxylic acids is 1. The highest BCUT2D eigenvalue weighted by molar-refractivity contribution is 5.80. The molecule has 30 heavy (non-hydrogen) atoms. The number of hydrogen-bond donors (Lipinski definition) is 3. The van der Waals surface area contributed by atoms with Crippen LogP contribution in [-0.2, 0) is 23.1 Å². The van der Waals surface area contributed by atoms with Crippen LogP contribution >= 0.6 is 0 Å². The molecule has 2 rings (SSSR count). The van der Waals surface area contributed by atoms with Crippen molar-refractivity contribution in [3.63, 3.8) is 0 Å². The second-order valence-electron chi connectivity index (χ2n) is 9.27. The van der Waals surface area contributed by atoms with Crippen molar-refractivity contribution in [3.8, 4) is 0 Å². The van der Waals surface area contributed by atoms with Crippen molar-refractivity contribution in [3.05, 3.63) is 11.6 Å². The van der Waals surface area contributed by atoms with E-state index in [1.807, 2.05) is 53.2 Å². The Morgan fingerprint density at radius 2 is 2.00 bits per heavy atom. The van der Waals surface area contributed by atoms with Crippen LogP contribution < -0.4 is 16.0 Å². The molecular weight excluding hydrogens is 386 g/mol. The van der Waals surface area contributed by atoms with E-state index in [0.717, 1.165) is 31.1 Å². The lowest BCUT2D eigenvalue weighted by Crippen LogP contribution is -2.54. The van der Waals surface area contributed by atoms with E-state index in [2.05, 4.69) is 31.1 Å². The van der Waals surface area contributed by atoms with Crippen molar-refractivity contribution in [2.75, 3.05) is 19.7 Å². The first-order valence-electron chi connectivity index (χ1n) is 10.4. The molecule has 1 aromatic heterocycles. The van der Waals surface area contributed by atoms with Crippen LogP contribution in [0.15, 0.2) is 4.99 Å². The fourth-order valence-corrected chi connectivity index (χ4v) is 2.86. The third kappa shape index (κ3) is 8.17. The summed E-state index contributed by atoms with van der Waals surface area (Å²) in [5.74, 6) is 2.24. The molecule has 1 saturated heterocycles. The molecule has 1 aliphatic rings. The highest BCUT2D eigenvalue weighted by atomic mass is 16.6. The molecule has 170 valence electrons. The van der Waals surface area contributed by atoms with Gasteiger partial charge in [-0.3, -0.25) is 0 Å². The molecule has 0 spiro atoms. The lowest BCUT2D eigenvalue weighted by molar-refractivity contribution is 0.0474. The summed E-state index contributed by atoms with van der Waals surface area (Å²) in [6.45, 7) is 13.6. The van der Waals surface area contributed by atoms with Crippen LogP contribution in [-0.4, -0.2) is 63.8 Å². The number of aryl methyl sites for hydroxylation is 1. The van der Waals surface area contributed by atoms with E-state index in [9.17, 15) is 4.79 Å². The summed E-state index contributed by atoms with van der Waals surface area (Å²) in [4.78, 5) is 16.8. The monoisotopic (exact) mass is 423 g/mol. The van der Waals surface area contributed by atoms with Gasteiger partial charge in [0.1, 0.15) is 18.0 Å². The van der Waals surface area contributed by atoms with Gasteiger partial charge in [-0.25, -0.2) is 9.79 Å². The number of nitrogens with one attached hydrogen (secondary N) is 3. The average Bonchev–Trinajstić information content (AvgIpc) is 3.23. The van der Waals surface area contributed by atoms with E-state index >= 15 is 0 Å². The third-order valence-corrected chi connectivity index (χ3v) is 4.62. The number of rotatable bonds is 7. The van der Waals surface area contributed by atoms with Crippen LogP contribution in [0, 0.1) is 6.92 Å². The molecule has 0 radical (unpaired) electrons. The topological polar surface area (TPSA) is 115 Å². The van der Waals surface area contributed by atoms with Gasteiger partial charge in [-0.15, -0.1) is 10.2 Å². The van der Waals surface area contributed by atoms with Crippen LogP contribution in [0.2, 0.25) is 0 Å². The standard InChI is InChI=1S/C20H37N7O3/c1-14-25-26-16(27(14)7)12-22-17(21-11-15-9-8-10-29-15)23-13-20(5,6)24-18(28)30-19(2,3)4/h15H,8-13H2,1-7H3,(H,24,28)(H2,21,22,23). The molecular formula is C20H37N7O3. The fourth-order valence-electron chi connectivity index (χ4n) is 2.86. The number of nitrogens with zero attached hydrogens (tertiary/aromatic N) is 4. The van der Waals surface area contributed by atoms with Gasteiger partial charge in [0.25, 0.3) is 0 Å². The first kappa shape index (κ1) is 23.9.